The number of hydrogen-bond acceptors (Lipinski definition) is 4. The van der Waals surface area contributed by atoms with Gasteiger partial charge in [0, 0.05) is 31.8 Å². The Hall–Kier alpha value is -2.28. The number of urea groups is 1. The van der Waals surface area contributed by atoms with Crippen molar-refractivity contribution in [1.29, 1.82) is 0 Å². The molecule has 2 aromatic carbocycles. The van der Waals surface area contributed by atoms with Crippen LogP contribution in [0.1, 0.15) is 18.4 Å². The fraction of sp³-hybridized carbons (Fsp3) is 0.381. The maximum absolute atomic E-state index is 11.7. The van der Waals surface area contributed by atoms with Crippen LogP contribution >= 0.6 is 11.6 Å². The molecule has 150 valence electrons. The quantitative estimate of drug-likeness (QED) is 0.690. The molecule has 1 aliphatic heterocycles. The van der Waals surface area contributed by atoms with Gasteiger partial charge in [-0.15, -0.1) is 0 Å². The van der Waals surface area contributed by atoms with Gasteiger partial charge in [-0.3, -0.25) is 0 Å². The number of carbonyl (C=O) groups excluding carboxylic acids is 1. The first kappa shape index (κ1) is 20.5. The van der Waals surface area contributed by atoms with Gasteiger partial charge in [0.25, 0.3) is 0 Å². The second-order valence-electron chi connectivity index (χ2n) is 6.74. The van der Waals surface area contributed by atoms with E-state index in [-0.39, 0.29) is 6.03 Å². The van der Waals surface area contributed by atoms with Crippen LogP contribution in [0.2, 0.25) is 5.02 Å². The second-order valence-corrected chi connectivity index (χ2v) is 7.14. The van der Waals surface area contributed by atoms with E-state index in [1.165, 1.54) is 4.90 Å². The van der Waals surface area contributed by atoms with Gasteiger partial charge in [0.2, 0.25) is 0 Å². The molecule has 6 nitrogen and oxygen atoms in total. The number of benzene rings is 2. The molecule has 1 aliphatic rings. The molecule has 0 aliphatic carbocycles. The number of anilines is 1. The van der Waals surface area contributed by atoms with E-state index in [4.69, 9.17) is 25.8 Å². The average Bonchev–Trinajstić information content (AvgIpc) is 3.17. The highest BCUT2D eigenvalue weighted by molar-refractivity contribution is 6.32. The Morgan fingerprint density at radius 2 is 1.89 bits per heavy atom. The highest BCUT2D eigenvalue weighted by Gasteiger charge is 2.37. The Labute approximate surface area is 170 Å². The van der Waals surface area contributed by atoms with Crippen molar-refractivity contribution in [1.82, 2.24) is 4.90 Å². The minimum atomic E-state index is -0.700. The standard InChI is InChI=1S/C21H25ClN2O4/c1-24(2)20(25)23-17-9-10-19(18(22)15-17)26-12-6-11-21(27-13-14-28-21)16-7-4-3-5-8-16/h3-5,7-10,15H,6,11-14H2,1-2H3,(H,23,25). The molecule has 28 heavy (non-hydrogen) atoms. The minimum absolute atomic E-state index is 0.215. The van der Waals surface area contributed by atoms with Crippen LogP contribution in [-0.2, 0) is 15.3 Å². The van der Waals surface area contributed by atoms with Crippen LogP contribution in [0.5, 0.6) is 5.75 Å². The molecule has 1 saturated heterocycles. The Bertz CT molecular complexity index is 792. The molecule has 0 atom stereocenters. The van der Waals surface area contributed by atoms with Crippen LogP contribution in [0, 0.1) is 0 Å². The largest absolute Gasteiger partial charge is 0.492 e. The third kappa shape index (κ3) is 4.95. The molecule has 1 fully saturated rings. The Morgan fingerprint density at radius 3 is 2.54 bits per heavy atom. The molecule has 0 bridgehead atoms. The van der Waals surface area contributed by atoms with Crippen molar-refractivity contribution in [3.05, 3.63) is 59.1 Å². The Balaban J connectivity index is 1.54. The van der Waals surface area contributed by atoms with E-state index in [0.717, 1.165) is 12.0 Å². The number of carbonyl (C=O) groups is 1. The SMILES string of the molecule is CN(C)C(=O)Nc1ccc(OCCCC2(c3ccccc3)OCCO2)c(Cl)c1. The number of rotatable bonds is 7. The summed E-state index contributed by atoms with van der Waals surface area (Å²) in [6.45, 7) is 1.65. The third-order valence-corrected chi connectivity index (χ3v) is 4.76. The normalized spacial score (nSPS) is 15.2. The minimum Gasteiger partial charge on any atom is -0.492 e. The van der Waals surface area contributed by atoms with E-state index in [9.17, 15) is 4.79 Å². The van der Waals surface area contributed by atoms with Crippen LogP contribution in [-0.4, -0.2) is 44.8 Å². The van der Waals surface area contributed by atoms with Crippen LogP contribution in [0.3, 0.4) is 0 Å². The van der Waals surface area contributed by atoms with E-state index in [1.54, 1.807) is 32.3 Å². The van der Waals surface area contributed by atoms with Crippen molar-refractivity contribution < 1.29 is 19.0 Å². The molecule has 7 heteroatoms. The predicted octanol–water partition coefficient (Wildman–Crippen LogP) is 4.49. The maximum Gasteiger partial charge on any atom is 0.321 e. The Morgan fingerprint density at radius 1 is 1.18 bits per heavy atom. The smallest absolute Gasteiger partial charge is 0.321 e. The number of ether oxygens (including phenoxy) is 3. The van der Waals surface area contributed by atoms with Gasteiger partial charge in [-0.2, -0.15) is 0 Å². The first-order valence-corrected chi connectivity index (χ1v) is 9.62. The van der Waals surface area contributed by atoms with Crippen molar-refractivity contribution in [2.24, 2.45) is 0 Å². The van der Waals surface area contributed by atoms with Crippen molar-refractivity contribution in [2.45, 2.75) is 18.6 Å². The zero-order valence-electron chi connectivity index (χ0n) is 16.1. The zero-order valence-corrected chi connectivity index (χ0v) is 16.9. The molecule has 0 radical (unpaired) electrons. The Kier molecular flexibility index (Phi) is 6.78. The lowest BCUT2D eigenvalue weighted by atomic mass is 10.0. The predicted molar refractivity (Wildman–Crippen MR) is 109 cm³/mol. The number of hydrogen-bond donors (Lipinski definition) is 1. The highest BCUT2D eigenvalue weighted by atomic mass is 35.5. The summed E-state index contributed by atoms with van der Waals surface area (Å²) in [6, 6.07) is 14.9. The van der Waals surface area contributed by atoms with Crippen LogP contribution in [0.25, 0.3) is 0 Å². The van der Waals surface area contributed by atoms with E-state index >= 15 is 0 Å². The number of nitrogens with zero attached hydrogens (tertiary/aromatic N) is 1. The first-order valence-electron chi connectivity index (χ1n) is 9.24. The fourth-order valence-electron chi connectivity index (χ4n) is 3.02. The lowest BCUT2D eigenvalue weighted by Crippen LogP contribution is -2.27. The molecule has 3 rings (SSSR count). The van der Waals surface area contributed by atoms with E-state index in [2.05, 4.69) is 5.32 Å². The molecule has 2 aromatic rings. The fourth-order valence-corrected chi connectivity index (χ4v) is 3.26. The monoisotopic (exact) mass is 404 g/mol. The molecule has 1 heterocycles. The van der Waals surface area contributed by atoms with Gasteiger partial charge in [0.1, 0.15) is 5.75 Å². The van der Waals surface area contributed by atoms with Gasteiger partial charge in [0.15, 0.2) is 5.79 Å². The van der Waals surface area contributed by atoms with E-state index in [1.807, 2.05) is 30.3 Å². The molecule has 0 spiro atoms. The summed E-state index contributed by atoms with van der Waals surface area (Å²) in [6.07, 6.45) is 1.43. The van der Waals surface area contributed by atoms with Gasteiger partial charge in [-0.1, -0.05) is 41.9 Å². The van der Waals surface area contributed by atoms with Crippen LogP contribution in [0.15, 0.2) is 48.5 Å². The summed E-state index contributed by atoms with van der Waals surface area (Å²) in [4.78, 5) is 13.2. The number of halogens is 1. The molecular formula is C21H25ClN2O4. The van der Waals surface area contributed by atoms with Gasteiger partial charge >= 0.3 is 6.03 Å². The number of amides is 2. The van der Waals surface area contributed by atoms with E-state index in [0.29, 0.717) is 42.7 Å². The number of nitrogens with one attached hydrogen (secondary N) is 1. The molecule has 1 N–H and O–H groups in total. The lowest BCUT2D eigenvalue weighted by molar-refractivity contribution is -0.172. The summed E-state index contributed by atoms with van der Waals surface area (Å²) in [5.41, 5.74) is 1.64. The van der Waals surface area contributed by atoms with Crippen molar-refractivity contribution in [2.75, 3.05) is 39.2 Å². The first-order chi connectivity index (χ1) is 13.5. The summed E-state index contributed by atoms with van der Waals surface area (Å²) < 4.78 is 17.7. The van der Waals surface area contributed by atoms with Crippen molar-refractivity contribution >= 4 is 23.3 Å². The third-order valence-electron chi connectivity index (χ3n) is 4.46. The molecule has 0 saturated carbocycles. The highest BCUT2D eigenvalue weighted by Crippen LogP contribution is 2.36. The van der Waals surface area contributed by atoms with Gasteiger partial charge < -0.3 is 24.4 Å². The molecule has 2 amide bonds. The molecular weight excluding hydrogens is 380 g/mol. The summed E-state index contributed by atoms with van der Waals surface area (Å²) in [5.74, 6) is -0.124. The van der Waals surface area contributed by atoms with Gasteiger partial charge in [-0.25, -0.2) is 4.79 Å². The molecule has 0 aromatic heterocycles. The maximum atomic E-state index is 11.7. The van der Waals surface area contributed by atoms with Gasteiger partial charge in [0.05, 0.1) is 24.8 Å². The van der Waals surface area contributed by atoms with Crippen LogP contribution in [0.4, 0.5) is 10.5 Å². The summed E-state index contributed by atoms with van der Waals surface area (Å²) in [5, 5.41) is 3.20. The molecule has 0 unspecified atom stereocenters. The zero-order chi connectivity index (χ0) is 20.0. The van der Waals surface area contributed by atoms with Crippen LogP contribution < -0.4 is 10.1 Å². The van der Waals surface area contributed by atoms with Crippen molar-refractivity contribution in [3.8, 4) is 5.75 Å². The lowest BCUT2D eigenvalue weighted by Gasteiger charge is -2.28. The van der Waals surface area contributed by atoms with Crippen molar-refractivity contribution in [3.63, 3.8) is 0 Å². The van der Waals surface area contributed by atoms with E-state index < -0.39 is 5.79 Å². The summed E-state index contributed by atoms with van der Waals surface area (Å²) in [7, 11) is 3.35. The topological polar surface area (TPSA) is 60.0 Å². The van der Waals surface area contributed by atoms with Gasteiger partial charge in [-0.05, 0) is 24.6 Å². The summed E-state index contributed by atoms with van der Waals surface area (Å²) >= 11 is 6.28. The average molecular weight is 405 g/mol. The second kappa shape index (κ2) is 9.28.